The molecule has 1 unspecified atom stereocenters. The highest BCUT2D eigenvalue weighted by atomic mass is 32.2. The Hall–Kier alpha value is -1.27. The fourth-order valence-electron chi connectivity index (χ4n) is 2.39. The normalized spacial score (nSPS) is 18.3. The molecule has 11 heteroatoms. The minimum Gasteiger partial charge on any atom is -0.460 e. The smallest absolute Gasteiger partial charge is 0.368 e. The molecule has 28 heavy (non-hydrogen) atoms. The predicted octanol–water partition coefficient (Wildman–Crippen LogP) is -0.531. The summed E-state index contributed by atoms with van der Waals surface area (Å²) >= 11 is 0. The third-order valence-electron chi connectivity index (χ3n) is 4.23. The molecule has 1 heterocycles. The number of morpholine rings is 1. The minimum absolute atomic E-state index is 0.0108. The van der Waals surface area contributed by atoms with E-state index in [2.05, 4.69) is 5.32 Å². The van der Waals surface area contributed by atoms with Gasteiger partial charge in [-0.15, -0.1) is 0 Å². The Balaban J connectivity index is 2.66. The quantitative estimate of drug-likeness (QED) is 0.206. The largest absolute Gasteiger partial charge is 0.460 e. The Morgan fingerprint density at radius 2 is 1.82 bits per heavy atom. The highest BCUT2D eigenvalue weighted by molar-refractivity contribution is 7.86. The van der Waals surface area contributed by atoms with Crippen LogP contribution in [0.4, 0.5) is 0 Å². The first-order chi connectivity index (χ1) is 12.9. The molecule has 0 aromatic carbocycles. The van der Waals surface area contributed by atoms with Crippen molar-refractivity contribution in [3.05, 3.63) is 0 Å². The SMILES string of the molecule is CC(=O)NCCCS(=O)(=O)OC(O)(C(=O)OCCN1CCOCC1)C(C)(C)C. The van der Waals surface area contributed by atoms with E-state index in [4.69, 9.17) is 13.7 Å². The lowest BCUT2D eigenvalue weighted by molar-refractivity contribution is -0.229. The zero-order valence-electron chi connectivity index (χ0n) is 17.0. The molecule has 0 radical (unpaired) electrons. The number of hydrogen-bond acceptors (Lipinski definition) is 9. The molecule has 1 atom stereocenters. The average molecular weight is 425 g/mol. The summed E-state index contributed by atoms with van der Waals surface area (Å²) in [5.41, 5.74) is -1.26. The maximum atomic E-state index is 12.5. The lowest BCUT2D eigenvalue weighted by Crippen LogP contribution is -2.55. The molecular formula is C17H32N2O8S. The molecule has 1 saturated heterocycles. The highest BCUT2D eigenvalue weighted by Gasteiger charge is 2.53. The second-order valence-electron chi connectivity index (χ2n) is 7.67. The van der Waals surface area contributed by atoms with Gasteiger partial charge in [0.2, 0.25) is 5.91 Å². The van der Waals surface area contributed by atoms with Crippen molar-refractivity contribution in [2.24, 2.45) is 5.41 Å². The van der Waals surface area contributed by atoms with Gasteiger partial charge < -0.3 is 19.9 Å². The van der Waals surface area contributed by atoms with Crippen molar-refractivity contribution < 1.29 is 36.8 Å². The van der Waals surface area contributed by atoms with Gasteiger partial charge in [0.05, 0.1) is 19.0 Å². The number of nitrogens with one attached hydrogen (secondary N) is 1. The number of carbonyl (C=O) groups excluding carboxylic acids is 2. The van der Waals surface area contributed by atoms with Crippen LogP contribution >= 0.6 is 0 Å². The monoisotopic (exact) mass is 424 g/mol. The Morgan fingerprint density at radius 1 is 1.21 bits per heavy atom. The number of ether oxygens (including phenoxy) is 2. The van der Waals surface area contributed by atoms with Crippen LogP contribution in [-0.4, -0.2) is 87.8 Å². The van der Waals surface area contributed by atoms with Crippen molar-refractivity contribution in [1.29, 1.82) is 0 Å². The number of nitrogens with zero attached hydrogens (tertiary/aromatic N) is 1. The number of aliphatic hydroxyl groups is 1. The third kappa shape index (κ3) is 8.00. The number of carbonyl (C=O) groups is 2. The van der Waals surface area contributed by atoms with E-state index in [1.807, 2.05) is 4.90 Å². The molecule has 1 aliphatic rings. The third-order valence-corrected chi connectivity index (χ3v) is 5.51. The van der Waals surface area contributed by atoms with Crippen LogP contribution in [-0.2, 0) is 33.4 Å². The molecule has 1 amide bonds. The predicted molar refractivity (Wildman–Crippen MR) is 101 cm³/mol. The van der Waals surface area contributed by atoms with Crippen LogP contribution in [0, 0.1) is 5.41 Å². The Kier molecular flexibility index (Phi) is 9.28. The zero-order valence-corrected chi connectivity index (χ0v) is 17.8. The second kappa shape index (κ2) is 10.5. The van der Waals surface area contributed by atoms with Crippen LogP contribution in [0.15, 0.2) is 0 Å². The topological polar surface area (TPSA) is 131 Å². The number of hydrogen-bond donors (Lipinski definition) is 2. The highest BCUT2D eigenvalue weighted by Crippen LogP contribution is 2.34. The fourth-order valence-corrected chi connectivity index (χ4v) is 3.66. The molecule has 0 spiro atoms. The van der Waals surface area contributed by atoms with Crippen molar-refractivity contribution in [2.45, 2.75) is 39.9 Å². The summed E-state index contributed by atoms with van der Waals surface area (Å²) in [5, 5.41) is 13.2. The number of amides is 1. The molecule has 1 rings (SSSR count). The van der Waals surface area contributed by atoms with Gasteiger partial charge in [0, 0.05) is 38.5 Å². The molecule has 1 aliphatic heterocycles. The van der Waals surface area contributed by atoms with Gasteiger partial charge in [-0.3, -0.25) is 9.69 Å². The zero-order chi connectivity index (χ0) is 21.4. The molecular weight excluding hydrogens is 392 g/mol. The maximum absolute atomic E-state index is 12.5. The van der Waals surface area contributed by atoms with Crippen molar-refractivity contribution in [3.8, 4) is 0 Å². The molecule has 2 N–H and O–H groups in total. The van der Waals surface area contributed by atoms with Gasteiger partial charge in [-0.25, -0.2) is 8.98 Å². The lowest BCUT2D eigenvalue weighted by atomic mass is 9.85. The van der Waals surface area contributed by atoms with Crippen molar-refractivity contribution >= 4 is 22.0 Å². The van der Waals surface area contributed by atoms with Crippen LogP contribution in [0.2, 0.25) is 0 Å². The van der Waals surface area contributed by atoms with Gasteiger partial charge in [-0.1, -0.05) is 20.8 Å². The first-order valence-corrected chi connectivity index (χ1v) is 10.8. The Morgan fingerprint density at radius 3 is 2.36 bits per heavy atom. The summed E-state index contributed by atoms with van der Waals surface area (Å²) < 4.78 is 39.7. The van der Waals surface area contributed by atoms with E-state index in [0.29, 0.717) is 32.8 Å². The van der Waals surface area contributed by atoms with Gasteiger partial charge in [-0.2, -0.15) is 8.42 Å². The van der Waals surface area contributed by atoms with Gasteiger partial charge in [0.15, 0.2) is 0 Å². The molecule has 0 bridgehead atoms. The van der Waals surface area contributed by atoms with E-state index in [9.17, 15) is 23.1 Å². The van der Waals surface area contributed by atoms with Gasteiger partial charge in [0.25, 0.3) is 15.9 Å². The van der Waals surface area contributed by atoms with E-state index in [0.717, 1.165) is 0 Å². The van der Waals surface area contributed by atoms with Gasteiger partial charge >= 0.3 is 5.97 Å². The Bertz CT molecular complexity index is 626. The minimum atomic E-state index is -4.24. The van der Waals surface area contributed by atoms with Gasteiger partial charge in [0.1, 0.15) is 6.61 Å². The summed E-state index contributed by atoms with van der Waals surface area (Å²) in [4.78, 5) is 25.4. The molecule has 0 saturated carbocycles. The molecule has 0 aliphatic carbocycles. The van der Waals surface area contributed by atoms with E-state index in [1.54, 1.807) is 0 Å². The Labute approximate surface area is 166 Å². The lowest BCUT2D eigenvalue weighted by Gasteiger charge is -2.36. The summed E-state index contributed by atoms with van der Waals surface area (Å²) in [6.07, 6.45) is 0.0776. The van der Waals surface area contributed by atoms with E-state index in [-0.39, 0.29) is 25.5 Å². The number of esters is 1. The van der Waals surface area contributed by atoms with Crippen molar-refractivity contribution in [1.82, 2.24) is 10.2 Å². The summed E-state index contributed by atoms with van der Waals surface area (Å²) in [7, 11) is -4.24. The summed E-state index contributed by atoms with van der Waals surface area (Å²) in [6.45, 7) is 8.92. The van der Waals surface area contributed by atoms with Crippen LogP contribution in [0.3, 0.4) is 0 Å². The maximum Gasteiger partial charge on any atom is 0.368 e. The summed E-state index contributed by atoms with van der Waals surface area (Å²) in [6, 6.07) is 0. The van der Waals surface area contributed by atoms with Gasteiger partial charge in [-0.05, 0) is 6.42 Å². The van der Waals surface area contributed by atoms with E-state index in [1.165, 1.54) is 27.7 Å². The molecule has 0 aromatic rings. The van der Waals surface area contributed by atoms with Crippen LogP contribution in [0.25, 0.3) is 0 Å². The first-order valence-electron chi connectivity index (χ1n) is 9.25. The molecule has 164 valence electrons. The molecule has 1 fully saturated rings. The van der Waals surface area contributed by atoms with Crippen molar-refractivity contribution in [2.75, 3.05) is 51.8 Å². The second-order valence-corrected chi connectivity index (χ2v) is 9.36. The van der Waals surface area contributed by atoms with Crippen LogP contribution in [0.5, 0.6) is 0 Å². The fraction of sp³-hybridized carbons (Fsp3) is 0.882. The van der Waals surface area contributed by atoms with Crippen LogP contribution in [0.1, 0.15) is 34.1 Å². The standard InChI is InChI=1S/C17H32N2O8S/c1-14(20)18-6-5-13-28(23,24)27-17(22,16(2,3)4)15(21)26-12-9-19-7-10-25-11-8-19/h22H,5-13H2,1-4H3,(H,18,20). The van der Waals surface area contributed by atoms with E-state index >= 15 is 0 Å². The molecule has 0 aromatic heterocycles. The first kappa shape index (κ1) is 24.8. The van der Waals surface area contributed by atoms with E-state index < -0.39 is 33.0 Å². The molecule has 10 nitrogen and oxygen atoms in total. The average Bonchev–Trinajstić information content (AvgIpc) is 2.58. The summed E-state index contributed by atoms with van der Waals surface area (Å²) in [5.74, 6) is -4.57. The van der Waals surface area contributed by atoms with Crippen molar-refractivity contribution in [3.63, 3.8) is 0 Å². The number of rotatable bonds is 10. The van der Waals surface area contributed by atoms with Crippen LogP contribution < -0.4 is 5.32 Å².